The monoisotopic (exact) mass is 268 g/mol. The third-order valence-corrected chi connectivity index (χ3v) is 3.54. The normalized spacial score (nSPS) is 12.4. The van der Waals surface area contributed by atoms with E-state index in [1.54, 1.807) is 0 Å². The zero-order chi connectivity index (χ0) is 14.5. The van der Waals surface area contributed by atoms with Crippen molar-refractivity contribution in [1.29, 1.82) is 0 Å². The minimum Gasteiger partial charge on any atom is -0.388 e. The zero-order valence-electron chi connectivity index (χ0n) is 12.6. The van der Waals surface area contributed by atoms with Crippen LogP contribution < -0.4 is 11.1 Å². The van der Waals surface area contributed by atoms with Gasteiger partial charge in [0.25, 0.3) is 0 Å². The first-order chi connectivity index (χ1) is 9.60. The number of nitrogens with two attached hydrogens (primary N) is 1. The molecule has 2 rings (SSSR count). The van der Waals surface area contributed by atoms with Crippen LogP contribution in [0.5, 0.6) is 0 Å². The van der Waals surface area contributed by atoms with E-state index in [9.17, 15) is 0 Å². The summed E-state index contributed by atoms with van der Waals surface area (Å²) in [6.45, 7) is 4.48. The minimum atomic E-state index is -0.0611. The van der Waals surface area contributed by atoms with E-state index in [1.165, 1.54) is 5.56 Å². The fraction of sp³-hybridized carbons (Fsp3) is 0.333. The Hall–Kier alpha value is -1.80. The topological polar surface area (TPSA) is 38.0 Å². The molecular formula is C18H24N2. The molecule has 0 fully saturated rings. The highest BCUT2D eigenvalue weighted by molar-refractivity contribution is 5.45. The van der Waals surface area contributed by atoms with E-state index in [0.717, 1.165) is 23.2 Å². The van der Waals surface area contributed by atoms with E-state index in [0.29, 0.717) is 5.92 Å². The van der Waals surface area contributed by atoms with E-state index >= 15 is 0 Å². The van der Waals surface area contributed by atoms with E-state index in [2.05, 4.69) is 67.7 Å². The molecule has 106 valence electrons. The van der Waals surface area contributed by atoms with Gasteiger partial charge >= 0.3 is 0 Å². The van der Waals surface area contributed by atoms with Crippen LogP contribution in [0.2, 0.25) is 0 Å². The van der Waals surface area contributed by atoms with Gasteiger partial charge in [-0.2, -0.15) is 0 Å². The molecule has 0 aliphatic carbocycles. The lowest BCUT2D eigenvalue weighted by molar-refractivity contribution is 0.647. The first-order valence-corrected chi connectivity index (χ1v) is 7.22. The fourth-order valence-corrected chi connectivity index (χ4v) is 2.38. The Kier molecular flexibility index (Phi) is 4.80. The van der Waals surface area contributed by atoms with E-state index in [1.807, 2.05) is 7.05 Å². The summed E-state index contributed by atoms with van der Waals surface area (Å²) < 4.78 is 0. The third kappa shape index (κ3) is 3.61. The van der Waals surface area contributed by atoms with Crippen LogP contribution >= 0.6 is 0 Å². The summed E-state index contributed by atoms with van der Waals surface area (Å²) in [5.74, 6) is 0.684. The van der Waals surface area contributed by atoms with Crippen LogP contribution in [0.1, 0.15) is 36.6 Å². The molecule has 2 aromatic rings. The third-order valence-electron chi connectivity index (χ3n) is 3.54. The molecule has 0 aliphatic heterocycles. The second kappa shape index (κ2) is 6.58. The first kappa shape index (κ1) is 14.6. The SMILES string of the molecule is CNc1ccc(C(N)c2ccc(CC(C)C)cc2)cc1. The molecule has 0 amide bonds. The molecule has 1 atom stereocenters. The molecule has 0 saturated heterocycles. The van der Waals surface area contributed by atoms with E-state index in [-0.39, 0.29) is 6.04 Å². The smallest absolute Gasteiger partial charge is 0.0551 e. The molecular weight excluding hydrogens is 244 g/mol. The van der Waals surface area contributed by atoms with Gasteiger partial charge in [0.05, 0.1) is 6.04 Å². The number of nitrogens with one attached hydrogen (secondary N) is 1. The van der Waals surface area contributed by atoms with Gasteiger partial charge in [-0.15, -0.1) is 0 Å². The van der Waals surface area contributed by atoms with Crippen molar-refractivity contribution in [3.05, 3.63) is 65.2 Å². The maximum Gasteiger partial charge on any atom is 0.0551 e. The molecule has 0 aromatic heterocycles. The van der Waals surface area contributed by atoms with Crippen LogP contribution in [0.15, 0.2) is 48.5 Å². The maximum absolute atomic E-state index is 6.34. The van der Waals surface area contributed by atoms with Gasteiger partial charge in [-0.3, -0.25) is 0 Å². The lowest BCUT2D eigenvalue weighted by Crippen LogP contribution is -2.11. The van der Waals surface area contributed by atoms with Crippen molar-refractivity contribution >= 4 is 5.69 Å². The molecule has 0 aliphatic rings. The zero-order valence-corrected chi connectivity index (χ0v) is 12.6. The van der Waals surface area contributed by atoms with Crippen molar-refractivity contribution in [1.82, 2.24) is 0 Å². The molecule has 20 heavy (non-hydrogen) atoms. The fourth-order valence-electron chi connectivity index (χ4n) is 2.38. The summed E-state index contributed by atoms with van der Waals surface area (Å²) in [4.78, 5) is 0. The van der Waals surface area contributed by atoms with Gasteiger partial charge in [0.2, 0.25) is 0 Å². The standard InChI is InChI=1S/C18H24N2/c1-13(2)12-14-4-6-15(7-5-14)18(19)16-8-10-17(20-3)11-9-16/h4-11,13,18,20H,12,19H2,1-3H3. The highest BCUT2D eigenvalue weighted by atomic mass is 14.8. The highest BCUT2D eigenvalue weighted by Gasteiger charge is 2.09. The van der Waals surface area contributed by atoms with Crippen molar-refractivity contribution in [2.24, 2.45) is 11.7 Å². The molecule has 2 nitrogen and oxygen atoms in total. The Morgan fingerprint density at radius 3 is 1.85 bits per heavy atom. The molecule has 1 unspecified atom stereocenters. The van der Waals surface area contributed by atoms with Gasteiger partial charge < -0.3 is 11.1 Å². The Bertz CT molecular complexity index is 526. The van der Waals surface area contributed by atoms with Crippen molar-refractivity contribution in [3.63, 3.8) is 0 Å². The van der Waals surface area contributed by atoms with Crippen LogP contribution in [0, 0.1) is 5.92 Å². The Morgan fingerprint density at radius 2 is 1.40 bits per heavy atom. The summed E-state index contributed by atoms with van der Waals surface area (Å²) in [6.07, 6.45) is 1.12. The first-order valence-electron chi connectivity index (χ1n) is 7.22. The quantitative estimate of drug-likeness (QED) is 0.861. The van der Waals surface area contributed by atoms with Crippen molar-refractivity contribution in [2.45, 2.75) is 26.3 Å². The lowest BCUT2D eigenvalue weighted by Gasteiger charge is -2.14. The molecule has 2 aromatic carbocycles. The highest BCUT2D eigenvalue weighted by Crippen LogP contribution is 2.22. The minimum absolute atomic E-state index is 0.0611. The summed E-state index contributed by atoms with van der Waals surface area (Å²) in [7, 11) is 1.92. The molecule has 2 heteroatoms. The summed E-state index contributed by atoms with van der Waals surface area (Å²) >= 11 is 0. The Morgan fingerprint density at radius 1 is 0.900 bits per heavy atom. The van der Waals surface area contributed by atoms with Gasteiger partial charge in [-0.1, -0.05) is 50.2 Å². The van der Waals surface area contributed by atoms with Gasteiger partial charge in [-0.25, -0.2) is 0 Å². The van der Waals surface area contributed by atoms with Gasteiger partial charge in [0.15, 0.2) is 0 Å². The number of rotatable bonds is 5. The number of anilines is 1. The van der Waals surface area contributed by atoms with E-state index in [4.69, 9.17) is 5.73 Å². The molecule has 0 bridgehead atoms. The van der Waals surface area contributed by atoms with Crippen LogP contribution in [-0.4, -0.2) is 7.05 Å². The van der Waals surface area contributed by atoms with Gasteiger partial charge in [-0.05, 0) is 41.2 Å². The van der Waals surface area contributed by atoms with E-state index < -0.39 is 0 Å². The number of benzene rings is 2. The molecule has 0 radical (unpaired) electrons. The van der Waals surface area contributed by atoms with Crippen LogP contribution in [0.25, 0.3) is 0 Å². The Balaban J connectivity index is 2.13. The van der Waals surface area contributed by atoms with Crippen molar-refractivity contribution in [3.8, 4) is 0 Å². The second-order valence-electron chi connectivity index (χ2n) is 5.69. The number of hydrogen-bond acceptors (Lipinski definition) is 2. The largest absolute Gasteiger partial charge is 0.388 e. The lowest BCUT2D eigenvalue weighted by atomic mass is 9.96. The second-order valence-corrected chi connectivity index (χ2v) is 5.69. The predicted molar refractivity (Wildman–Crippen MR) is 87.0 cm³/mol. The van der Waals surface area contributed by atoms with Crippen LogP contribution in [0.4, 0.5) is 5.69 Å². The summed E-state index contributed by atoms with van der Waals surface area (Å²) in [6, 6.07) is 16.9. The molecule has 0 heterocycles. The maximum atomic E-state index is 6.34. The Labute approximate surface area is 122 Å². The predicted octanol–water partition coefficient (Wildman–Crippen LogP) is 3.97. The van der Waals surface area contributed by atoms with Crippen molar-refractivity contribution < 1.29 is 0 Å². The average molecular weight is 268 g/mol. The van der Waals surface area contributed by atoms with Crippen molar-refractivity contribution in [2.75, 3.05) is 12.4 Å². The number of hydrogen-bond donors (Lipinski definition) is 2. The molecule has 0 spiro atoms. The molecule has 3 N–H and O–H groups in total. The van der Waals surface area contributed by atoms with Gasteiger partial charge in [0, 0.05) is 12.7 Å². The summed E-state index contributed by atoms with van der Waals surface area (Å²) in [5.41, 5.74) is 11.1. The van der Waals surface area contributed by atoms with Gasteiger partial charge in [0.1, 0.15) is 0 Å². The molecule has 0 saturated carbocycles. The average Bonchev–Trinajstić information content (AvgIpc) is 2.47. The van der Waals surface area contributed by atoms with Crippen LogP contribution in [0.3, 0.4) is 0 Å². The summed E-state index contributed by atoms with van der Waals surface area (Å²) in [5, 5.41) is 3.12. The van der Waals surface area contributed by atoms with Crippen LogP contribution in [-0.2, 0) is 6.42 Å².